The lowest BCUT2D eigenvalue weighted by molar-refractivity contribution is -0.136. The third-order valence-electron chi connectivity index (χ3n) is 3.35. The van der Waals surface area contributed by atoms with Gasteiger partial charge in [0.15, 0.2) is 0 Å². The summed E-state index contributed by atoms with van der Waals surface area (Å²) in [5, 5.41) is 28.2. The average molecular weight is 360 g/mol. The maximum atomic E-state index is 10.3. The van der Waals surface area contributed by atoms with Crippen molar-refractivity contribution in [3.8, 4) is 0 Å². The van der Waals surface area contributed by atoms with Crippen molar-refractivity contribution in [3.05, 3.63) is 72.9 Å². The molecule has 0 aromatic rings. The van der Waals surface area contributed by atoms with Gasteiger partial charge in [-0.25, -0.2) is 0 Å². The predicted molar refractivity (Wildman–Crippen MR) is 108 cm³/mol. The van der Waals surface area contributed by atoms with Crippen molar-refractivity contribution in [1.82, 2.24) is 0 Å². The molecule has 0 bridgehead atoms. The summed E-state index contributed by atoms with van der Waals surface area (Å²) in [5.41, 5.74) is 0. The first-order valence-corrected chi connectivity index (χ1v) is 9.10. The molecule has 0 aromatic carbocycles. The van der Waals surface area contributed by atoms with Crippen LogP contribution in [0.2, 0.25) is 0 Å². The molecule has 0 aliphatic carbocycles. The Labute approximate surface area is 157 Å². The molecule has 0 heterocycles. The summed E-state index contributed by atoms with van der Waals surface area (Å²) < 4.78 is 0. The number of aliphatic hydroxyl groups is 2. The lowest BCUT2D eigenvalue weighted by Gasteiger charge is -2.11. The highest BCUT2D eigenvalue weighted by Crippen LogP contribution is 2.03. The largest absolute Gasteiger partial charge is 0.481 e. The zero-order valence-electron chi connectivity index (χ0n) is 15.6. The first kappa shape index (κ1) is 23.8. The smallest absolute Gasteiger partial charge is 0.303 e. The fraction of sp³-hybridized carbons (Fsp3) is 0.409. The Morgan fingerprint density at radius 2 is 1.50 bits per heavy atom. The van der Waals surface area contributed by atoms with Crippen LogP contribution in [0, 0.1) is 0 Å². The van der Waals surface area contributed by atoms with Crippen LogP contribution in [0.5, 0.6) is 0 Å². The average Bonchev–Trinajstić information content (AvgIpc) is 2.61. The van der Waals surface area contributed by atoms with Crippen LogP contribution in [0.3, 0.4) is 0 Å². The second-order valence-corrected chi connectivity index (χ2v) is 5.72. The summed E-state index contributed by atoms with van der Waals surface area (Å²) >= 11 is 0. The topological polar surface area (TPSA) is 77.8 Å². The van der Waals surface area contributed by atoms with Gasteiger partial charge in [-0.3, -0.25) is 4.79 Å². The molecular weight excluding hydrogens is 328 g/mol. The highest BCUT2D eigenvalue weighted by atomic mass is 16.4. The number of aliphatic hydroxyl groups excluding tert-OH is 2. The number of carboxylic acids is 1. The molecule has 4 heteroatoms. The first-order chi connectivity index (χ1) is 12.6. The summed E-state index contributed by atoms with van der Waals surface area (Å²) in [7, 11) is 0. The van der Waals surface area contributed by atoms with Gasteiger partial charge in [0.05, 0.1) is 12.2 Å². The Morgan fingerprint density at radius 1 is 0.846 bits per heavy atom. The van der Waals surface area contributed by atoms with Gasteiger partial charge < -0.3 is 15.3 Å². The standard InChI is InChI=1S/C22H32O4/c1-2-3-4-5-11-14-17-20(23)21(24)18-15-12-9-7-6-8-10-13-16-19-22(25)26/h3-4,6-7,9-15,18,20-21,23-24H,2,5,8,16-17,19H2,1H3,(H,25,26)/t20-,21+/m1/s1. The molecule has 4 nitrogen and oxygen atoms in total. The van der Waals surface area contributed by atoms with E-state index in [1.165, 1.54) is 0 Å². The van der Waals surface area contributed by atoms with E-state index in [-0.39, 0.29) is 6.42 Å². The van der Waals surface area contributed by atoms with E-state index in [1.54, 1.807) is 18.2 Å². The molecule has 0 saturated carbocycles. The monoisotopic (exact) mass is 360 g/mol. The maximum absolute atomic E-state index is 10.3. The van der Waals surface area contributed by atoms with Gasteiger partial charge in [-0.1, -0.05) is 79.8 Å². The fourth-order valence-electron chi connectivity index (χ4n) is 1.90. The highest BCUT2D eigenvalue weighted by Gasteiger charge is 2.10. The Hall–Kier alpha value is -2.17. The maximum Gasteiger partial charge on any atom is 0.303 e. The summed E-state index contributed by atoms with van der Waals surface area (Å²) in [6, 6.07) is 0. The lowest BCUT2D eigenvalue weighted by atomic mass is 10.1. The summed E-state index contributed by atoms with van der Waals surface area (Å²) in [4.78, 5) is 10.3. The van der Waals surface area contributed by atoms with Crippen LogP contribution < -0.4 is 0 Å². The molecule has 0 unspecified atom stereocenters. The van der Waals surface area contributed by atoms with Crippen molar-refractivity contribution in [3.63, 3.8) is 0 Å². The van der Waals surface area contributed by atoms with Crippen molar-refractivity contribution in [2.75, 3.05) is 0 Å². The van der Waals surface area contributed by atoms with Crippen LogP contribution in [-0.2, 0) is 4.79 Å². The number of aliphatic carboxylic acids is 1. The quantitative estimate of drug-likeness (QED) is 0.315. The predicted octanol–water partition coefficient (Wildman–Crippen LogP) is 4.49. The summed E-state index contributed by atoms with van der Waals surface area (Å²) in [6.07, 6.45) is 24.5. The van der Waals surface area contributed by atoms with Crippen LogP contribution >= 0.6 is 0 Å². The number of hydrogen-bond acceptors (Lipinski definition) is 3. The zero-order valence-corrected chi connectivity index (χ0v) is 15.6. The number of rotatable bonds is 14. The number of carbonyl (C=O) groups is 1. The van der Waals surface area contributed by atoms with Crippen molar-refractivity contribution in [2.24, 2.45) is 0 Å². The fourth-order valence-corrected chi connectivity index (χ4v) is 1.90. The minimum atomic E-state index is -0.892. The van der Waals surface area contributed by atoms with Gasteiger partial charge in [0, 0.05) is 6.42 Å². The van der Waals surface area contributed by atoms with Crippen molar-refractivity contribution >= 4 is 5.97 Å². The first-order valence-electron chi connectivity index (χ1n) is 9.10. The van der Waals surface area contributed by atoms with Gasteiger partial charge in [0.25, 0.3) is 0 Å². The molecule has 0 rings (SSSR count). The van der Waals surface area contributed by atoms with Crippen LogP contribution in [0.25, 0.3) is 0 Å². The number of carboxylic acid groups (broad SMARTS) is 1. The van der Waals surface area contributed by atoms with Gasteiger partial charge in [0.1, 0.15) is 0 Å². The second-order valence-electron chi connectivity index (χ2n) is 5.72. The molecule has 0 aliphatic heterocycles. The van der Waals surface area contributed by atoms with E-state index in [9.17, 15) is 15.0 Å². The number of hydrogen-bond donors (Lipinski definition) is 3. The molecule has 2 atom stereocenters. The van der Waals surface area contributed by atoms with Crippen molar-refractivity contribution in [1.29, 1.82) is 0 Å². The highest BCUT2D eigenvalue weighted by molar-refractivity contribution is 5.66. The second kappa shape index (κ2) is 17.6. The summed E-state index contributed by atoms with van der Waals surface area (Å²) in [5.74, 6) is -0.785. The van der Waals surface area contributed by atoms with Gasteiger partial charge in [-0.05, 0) is 32.1 Å². The molecule has 0 fully saturated rings. The molecule has 3 N–H and O–H groups in total. The van der Waals surface area contributed by atoms with E-state index in [4.69, 9.17) is 5.11 Å². The van der Waals surface area contributed by atoms with E-state index in [0.717, 1.165) is 19.3 Å². The molecule has 0 aliphatic rings. The van der Waals surface area contributed by atoms with E-state index >= 15 is 0 Å². The molecule has 0 aromatic heterocycles. The summed E-state index contributed by atoms with van der Waals surface area (Å²) in [6.45, 7) is 2.08. The number of allylic oxidation sites excluding steroid dienone is 10. The van der Waals surface area contributed by atoms with Gasteiger partial charge in [0.2, 0.25) is 0 Å². The van der Waals surface area contributed by atoms with Crippen molar-refractivity contribution in [2.45, 2.75) is 57.7 Å². The van der Waals surface area contributed by atoms with E-state index in [1.807, 2.05) is 42.5 Å². The Morgan fingerprint density at radius 3 is 2.23 bits per heavy atom. The molecule has 0 saturated heterocycles. The van der Waals surface area contributed by atoms with E-state index in [0.29, 0.717) is 12.8 Å². The Bertz CT molecular complexity index is 524. The zero-order chi connectivity index (χ0) is 19.5. The Kier molecular flexibility index (Phi) is 16.2. The SMILES string of the molecule is CCC=CCC=CC[C@@H](O)[C@@H](O)C=CC=CC=CCC=CCCC(=O)O. The van der Waals surface area contributed by atoms with Gasteiger partial charge >= 0.3 is 5.97 Å². The molecular formula is C22H32O4. The molecule has 0 radical (unpaired) electrons. The van der Waals surface area contributed by atoms with Gasteiger partial charge in [-0.15, -0.1) is 0 Å². The third-order valence-corrected chi connectivity index (χ3v) is 3.35. The minimum Gasteiger partial charge on any atom is -0.481 e. The Balaban J connectivity index is 3.92. The van der Waals surface area contributed by atoms with E-state index in [2.05, 4.69) is 19.1 Å². The molecule has 26 heavy (non-hydrogen) atoms. The molecule has 0 spiro atoms. The normalized spacial score (nSPS) is 15.5. The molecule has 144 valence electrons. The van der Waals surface area contributed by atoms with Crippen LogP contribution in [0.15, 0.2) is 72.9 Å². The van der Waals surface area contributed by atoms with Gasteiger partial charge in [-0.2, -0.15) is 0 Å². The molecule has 0 amide bonds. The lowest BCUT2D eigenvalue weighted by Crippen LogP contribution is -2.22. The third kappa shape index (κ3) is 16.7. The van der Waals surface area contributed by atoms with Crippen molar-refractivity contribution < 1.29 is 20.1 Å². The van der Waals surface area contributed by atoms with Crippen LogP contribution in [0.1, 0.15) is 45.4 Å². The van der Waals surface area contributed by atoms with Crippen LogP contribution in [-0.4, -0.2) is 33.5 Å². The van der Waals surface area contributed by atoms with E-state index < -0.39 is 18.2 Å². The minimum absolute atomic E-state index is 0.158. The van der Waals surface area contributed by atoms with Crippen LogP contribution in [0.4, 0.5) is 0 Å².